The lowest BCUT2D eigenvalue weighted by Gasteiger charge is -2.33. The van der Waals surface area contributed by atoms with Crippen LogP contribution < -0.4 is 14.5 Å². The molecule has 7 aromatic carbocycles. The van der Waals surface area contributed by atoms with E-state index in [-0.39, 0.29) is 21.7 Å². The fourth-order valence-corrected chi connectivity index (χ4v) is 10.0. The third kappa shape index (κ3) is 8.72. The zero-order valence-corrected chi connectivity index (χ0v) is 41.9. The molecule has 0 bridgehead atoms. The molecule has 10 rings (SSSR count). The van der Waals surface area contributed by atoms with Crippen molar-refractivity contribution >= 4 is 33.2 Å². The van der Waals surface area contributed by atoms with Crippen LogP contribution in [0, 0.1) is 5.41 Å². The molecule has 9 aromatic rings. The molecule has 5 nitrogen and oxygen atoms in total. The van der Waals surface area contributed by atoms with E-state index in [0.29, 0.717) is 6.67 Å². The van der Waals surface area contributed by atoms with Crippen LogP contribution in [0.5, 0.6) is 11.5 Å². The molecule has 0 saturated heterocycles. The van der Waals surface area contributed by atoms with E-state index >= 15 is 0 Å². The van der Waals surface area contributed by atoms with Gasteiger partial charge in [-0.3, -0.25) is 4.57 Å². The minimum atomic E-state index is -0.321. The van der Waals surface area contributed by atoms with E-state index in [4.69, 9.17) is 9.72 Å². The lowest BCUT2D eigenvalue weighted by Crippen LogP contribution is -2.31. The number of allylic oxidation sites excluding steroid dienone is 1. The van der Waals surface area contributed by atoms with Gasteiger partial charge in [-0.15, -0.1) is 0 Å². The van der Waals surface area contributed by atoms with Crippen molar-refractivity contribution in [2.75, 3.05) is 16.5 Å². The molecule has 0 spiro atoms. The zero-order valence-electron chi connectivity index (χ0n) is 41.9. The van der Waals surface area contributed by atoms with Crippen molar-refractivity contribution in [1.29, 1.82) is 0 Å². The first kappa shape index (κ1) is 45.4. The fraction of sp³-hybridized carbons (Fsp3) is 0.234. The third-order valence-electron chi connectivity index (χ3n) is 14.4. The summed E-state index contributed by atoms with van der Waals surface area (Å²) in [5.41, 5.74) is 13.5. The summed E-state index contributed by atoms with van der Waals surface area (Å²) in [5, 5.41) is 2.30. The number of hydrogen-bond acceptors (Lipinski definition) is 4. The van der Waals surface area contributed by atoms with Crippen LogP contribution in [0.4, 0.5) is 11.4 Å². The molecule has 346 valence electrons. The Labute approximate surface area is 409 Å². The maximum atomic E-state index is 7.17. The molecular weight excluding hydrogens is 841 g/mol. The molecule has 0 fully saturated rings. The summed E-state index contributed by atoms with van der Waals surface area (Å²) in [6.45, 7) is 23.6. The van der Waals surface area contributed by atoms with Gasteiger partial charge in [0.1, 0.15) is 17.3 Å². The van der Waals surface area contributed by atoms with Crippen LogP contribution in [0.25, 0.3) is 38.8 Å². The van der Waals surface area contributed by atoms with Gasteiger partial charge < -0.3 is 14.5 Å². The topological polar surface area (TPSA) is 33.5 Å². The van der Waals surface area contributed by atoms with Crippen LogP contribution in [0.2, 0.25) is 0 Å². The van der Waals surface area contributed by atoms with Crippen LogP contribution in [0.1, 0.15) is 97.1 Å². The lowest BCUT2D eigenvalue weighted by atomic mass is 9.78. The standard InChI is InChI=1S/C64H64N4O/c1-61(2,3)48-27-20-28-51(36-48)66-42-59(62(4,5)6)67(43-66)52-37-50(64(9,10)47-25-18-13-19-26-47)38-54(40-52)69-53-30-31-55-56-35-45(44-21-14-11-15-22-44)29-32-57(56)68(58(55)41-53)60-39-49(33-34-65-60)63(7,8)46-23-16-12-17-24-46/h11-42H,43H2,1-10H3. The van der Waals surface area contributed by atoms with Crippen molar-refractivity contribution in [3.63, 3.8) is 0 Å². The Morgan fingerprint density at radius 1 is 0.435 bits per heavy atom. The molecule has 0 atom stereocenters. The molecule has 0 amide bonds. The predicted molar refractivity (Wildman–Crippen MR) is 290 cm³/mol. The number of nitrogens with zero attached hydrogens (tertiary/aromatic N) is 4. The Morgan fingerprint density at radius 2 is 1.07 bits per heavy atom. The summed E-state index contributed by atoms with van der Waals surface area (Å²) < 4.78 is 9.48. The van der Waals surface area contributed by atoms with Crippen molar-refractivity contribution < 1.29 is 4.74 Å². The molecule has 0 aliphatic carbocycles. The first-order valence-electron chi connectivity index (χ1n) is 24.4. The molecule has 0 radical (unpaired) electrons. The Bertz CT molecular complexity index is 3350. The predicted octanol–water partition coefficient (Wildman–Crippen LogP) is 16.8. The highest BCUT2D eigenvalue weighted by molar-refractivity contribution is 6.10. The second-order valence-corrected chi connectivity index (χ2v) is 21.9. The number of fused-ring (bicyclic) bond motifs is 3. The highest BCUT2D eigenvalue weighted by atomic mass is 16.5. The second-order valence-electron chi connectivity index (χ2n) is 21.9. The van der Waals surface area contributed by atoms with E-state index in [1.165, 1.54) is 50.3 Å². The minimum absolute atomic E-state index is 0.0396. The molecule has 1 aliphatic heterocycles. The first-order chi connectivity index (χ1) is 32.9. The van der Waals surface area contributed by atoms with E-state index in [2.05, 4.69) is 272 Å². The maximum Gasteiger partial charge on any atom is 0.137 e. The normalized spacial score (nSPS) is 13.6. The summed E-state index contributed by atoms with van der Waals surface area (Å²) in [4.78, 5) is 9.95. The fourth-order valence-electron chi connectivity index (χ4n) is 10.0. The van der Waals surface area contributed by atoms with Crippen molar-refractivity contribution in [3.05, 3.63) is 228 Å². The van der Waals surface area contributed by atoms with Gasteiger partial charge in [-0.05, 0) is 105 Å². The van der Waals surface area contributed by atoms with Crippen molar-refractivity contribution in [2.45, 2.75) is 85.5 Å². The molecule has 5 heteroatoms. The minimum Gasteiger partial charge on any atom is -0.457 e. The lowest BCUT2D eigenvalue weighted by molar-refractivity contribution is 0.478. The van der Waals surface area contributed by atoms with Crippen molar-refractivity contribution in [2.24, 2.45) is 5.41 Å². The number of hydrogen-bond donors (Lipinski definition) is 0. The molecule has 2 aromatic heterocycles. The van der Waals surface area contributed by atoms with E-state index < -0.39 is 0 Å². The Balaban J connectivity index is 1.11. The smallest absolute Gasteiger partial charge is 0.137 e. The summed E-state index contributed by atoms with van der Waals surface area (Å²) in [5.74, 6) is 2.40. The quantitative estimate of drug-likeness (QED) is 0.137. The highest BCUT2D eigenvalue weighted by Gasteiger charge is 2.34. The highest BCUT2D eigenvalue weighted by Crippen LogP contribution is 2.45. The maximum absolute atomic E-state index is 7.17. The Kier molecular flexibility index (Phi) is 11.4. The zero-order chi connectivity index (χ0) is 48.3. The molecule has 0 saturated carbocycles. The molecule has 1 aliphatic rings. The van der Waals surface area contributed by atoms with Gasteiger partial charge in [0, 0.05) is 68.6 Å². The van der Waals surface area contributed by atoms with E-state index in [0.717, 1.165) is 44.8 Å². The number of aromatic nitrogens is 2. The monoisotopic (exact) mass is 905 g/mol. The van der Waals surface area contributed by atoms with Crippen LogP contribution in [0.15, 0.2) is 200 Å². The van der Waals surface area contributed by atoms with Gasteiger partial charge in [0.25, 0.3) is 0 Å². The van der Waals surface area contributed by atoms with Crippen molar-refractivity contribution in [1.82, 2.24) is 9.55 Å². The van der Waals surface area contributed by atoms with E-state index in [1.807, 2.05) is 6.20 Å². The van der Waals surface area contributed by atoms with Crippen LogP contribution in [-0.4, -0.2) is 16.2 Å². The van der Waals surface area contributed by atoms with E-state index in [1.54, 1.807) is 0 Å². The van der Waals surface area contributed by atoms with Gasteiger partial charge in [-0.1, -0.05) is 178 Å². The van der Waals surface area contributed by atoms with Crippen LogP contribution >= 0.6 is 0 Å². The van der Waals surface area contributed by atoms with Crippen molar-refractivity contribution in [3.8, 4) is 28.4 Å². The van der Waals surface area contributed by atoms with Gasteiger partial charge in [0.05, 0.1) is 17.7 Å². The first-order valence-corrected chi connectivity index (χ1v) is 24.4. The van der Waals surface area contributed by atoms with Crippen LogP contribution in [-0.2, 0) is 16.2 Å². The van der Waals surface area contributed by atoms with Crippen LogP contribution in [0.3, 0.4) is 0 Å². The second kappa shape index (κ2) is 17.3. The average molecular weight is 905 g/mol. The molecular formula is C64H64N4O. The van der Waals surface area contributed by atoms with E-state index in [9.17, 15) is 0 Å². The largest absolute Gasteiger partial charge is 0.457 e. The molecule has 69 heavy (non-hydrogen) atoms. The summed E-state index contributed by atoms with van der Waals surface area (Å²) in [6, 6.07) is 65.7. The number of benzene rings is 7. The number of ether oxygens (including phenoxy) is 1. The summed E-state index contributed by atoms with van der Waals surface area (Å²) >= 11 is 0. The number of anilines is 2. The average Bonchev–Trinajstić information content (AvgIpc) is 3.95. The van der Waals surface area contributed by atoms with Gasteiger partial charge in [-0.25, -0.2) is 4.98 Å². The van der Waals surface area contributed by atoms with Gasteiger partial charge in [0.15, 0.2) is 0 Å². The Hall–Kier alpha value is -7.37. The molecule has 0 unspecified atom stereocenters. The third-order valence-corrected chi connectivity index (χ3v) is 14.4. The number of rotatable bonds is 10. The van der Waals surface area contributed by atoms with Gasteiger partial charge in [-0.2, -0.15) is 0 Å². The summed E-state index contributed by atoms with van der Waals surface area (Å²) in [6.07, 6.45) is 4.30. The van der Waals surface area contributed by atoms with Gasteiger partial charge in [0.2, 0.25) is 0 Å². The molecule has 0 N–H and O–H groups in total. The van der Waals surface area contributed by atoms with Gasteiger partial charge >= 0.3 is 0 Å². The molecule has 3 heterocycles. The summed E-state index contributed by atoms with van der Waals surface area (Å²) in [7, 11) is 0. The Morgan fingerprint density at radius 3 is 1.74 bits per heavy atom. The number of pyridine rings is 1. The SMILES string of the molecule is CC(C)(C)C1=CN(c2cccc(C(C)(C)C)c2)CN1c1cc(Oc2ccc3c4cc(-c5ccccc5)ccc4n(-c4cc(C(C)(C)c5ccccc5)ccn4)c3c2)cc(C(C)(C)c2ccccc2)c1.